The molecule has 0 aliphatic rings. The highest BCUT2D eigenvalue weighted by atomic mass is 32.1. The van der Waals surface area contributed by atoms with E-state index in [1.54, 1.807) is 11.3 Å². The number of hydrogen-bond donors (Lipinski definition) is 2. The molecule has 0 aliphatic heterocycles. The molecule has 0 aliphatic carbocycles. The molecule has 1 aromatic rings. The van der Waals surface area contributed by atoms with E-state index in [0.29, 0.717) is 0 Å². The first-order chi connectivity index (χ1) is 8.16. The second-order valence-electron chi connectivity index (χ2n) is 4.44. The van der Waals surface area contributed by atoms with Gasteiger partial charge in [-0.2, -0.15) is 0 Å². The summed E-state index contributed by atoms with van der Waals surface area (Å²) in [7, 11) is 0. The topological polar surface area (TPSA) is 47.3 Å². The number of nitrogens with one attached hydrogen (secondary N) is 1. The molecule has 1 heterocycles. The molecule has 17 heavy (non-hydrogen) atoms. The molecule has 0 aromatic carbocycles. The summed E-state index contributed by atoms with van der Waals surface area (Å²) in [5.41, 5.74) is 2.74. The monoisotopic (exact) mass is 256 g/mol. The molecule has 0 bridgehead atoms. The van der Waals surface area contributed by atoms with Crippen LogP contribution in [0, 0.1) is 0 Å². The Bertz CT molecular complexity index is 302. The van der Waals surface area contributed by atoms with Gasteiger partial charge in [-0.3, -0.25) is 11.3 Å². The van der Waals surface area contributed by atoms with E-state index in [9.17, 15) is 0 Å². The Hall–Kier alpha value is -0.420. The predicted molar refractivity (Wildman–Crippen MR) is 74.1 cm³/mol. The maximum absolute atomic E-state index is 5.86. The molecule has 3 N–H and O–H groups in total. The minimum atomic E-state index is -0.180. The van der Waals surface area contributed by atoms with Gasteiger partial charge in [-0.05, 0) is 44.6 Å². The fourth-order valence-electron chi connectivity index (χ4n) is 2.09. The van der Waals surface area contributed by atoms with Crippen LogP contribution in [0.15, 0.2) is 17.5 Å². The third-order valence-electron chi connectivity index (χ3n) is 3.37. The molecular formula is C13H24N2OS. The molecule has 4 heteroatoms. The molecular weight excluding hydrogens is 232 g/mol. The van der Waals surface area contributed by atoms with E-state index >= 15 is 0 Å². The Morgan fingerprint density at radius 2 is 2.29 bits per heavy atom. The van der Waals surface area contributed by atoms with E-state index in [0.717, 1.165) is 25.9 Å². The Morgan fingerprint density at radius 1 is 1.53 bits per heavy atom. The molecule has 2 unspecified atom stereocenters. The lowest BCUT2D eigenvalue weighted by Crippen LogP contribution is -2.53. The highest BCUT2D eigenvalue weighted by molar-refractivity contribution is 7.09. The van der Waals surface area contributed by atoms with Gasteiger partial charge in [-0.1, -0.05) is 13.0 Å². The number of thiophene rings is 1. The van der Waals surface area contributed by atoms with E-state index in [1.165, 1.54) is 4.88 Å². The lowest BCUT2D eigenvalue weighted by Gasteiger charge is -2.36. The van der Waals surface area contributed by atoms with Crippen molar-refractivity contribution in [2.24, 2.45) is 5.84 Å². The second kappa shape index (κ2) is 7.11. The van der Waals surface area contributed by atoms with Crippen molar-refractivity contribution in [3.8, 4) is 0 Å². The molecule has 0 fully saturated rings. The van der Waals surface area contributed by atoms with E-state index in [2.05, 4.69) is 36.8 Å². The third kappa shape index (κ3) is 4.07. The summed E-state index contributed by atoms with van der Waals surface area (Å²) in [4.78, 5) is 1.40. The Balaban J connectivity index is 2.56. The zero-order valence-electron chi connectivity index (χ0n) is 11.0. The maximum atomic E-state index is 5.86. The van der Waals surface area contributed by atoms with Crippen molar-refractivity contribution in [3.05, 3.63) is 22.4 Å². The lowest BCUT2D eigenvalue weighted by atomic mass is 9.90. The average Bonchev–Trinajstić information content (AvgIpc) is 2.83. The quantitative estimate of drug-likeness (QED) is 0.555. The van der Waals surface area contributed by atoms with Gasteiger partial charge in [-0.15, -0.1) is 11.3 Å². The van der Waals surface area contributed by atoms with Crippen molar-refractivity contribution in [2.75, 3.05) is 6.61 Å². The SMILES string of the molecule is CCOC(C)(CC)C(CCc1cccs1)NN. The van der Waals surface area contributed by atoms with Gasteiger partial charge < -0.3 is 4.74 Å². The Labute approximate surface area is 108 Å². The van der Waals surface area contributed by atoms with Crippen LogP contribution in [0.2, 0.25) is 0 Å². The second-order valence-corrected chi connectivity index (χ2v) is 5.47. The smallest absolute Gasteiger partial charge is 0.0817 e. The van der Waals surface area contributed by atoms with Gasteiger partial charge in [0, 0.05) is 11.5 Å². The highest BCUT2D eigenvalue weighted by Gasteiger charge is 2.32. The van der Waals surface area contributed by atoms with Crippen LogP contribution in [0.4, 0.5) is 0 Å². The number of hydrogen-bond acceptors (Lipinski definition) is 4. The molecule has 0 amide bonds. The van der Waals surface area contributed by atoms with Crippen LogP contribution in [0.25, 0.3) is 0 Å². The fourth-order valence-corrected chi connectivity index (χ4v) is 2.81. The summed E-state index contributed by atoms with van der Waals surface area (Å²) in [5.74, 6) is 5.68. The van der Waals surface area contributed by atoms with Crippen LogP contribution in [0.5, 0.6) is 0 Å². The number of rotatable bonds is 8. The van der Waals surface area contributed by atoms with Gasteiger partial charge in [0.15, 0.2) is 0 Å². The van der Waals surface area contributed by atoms with Crippen LogP contribution in [0.3, 0.4) is 0 Å². The summed E-state index contributed by atoms with van der Waals surface area (Å²) >= 11 is 1.80. The van der Waals surface area contributed by atoms with Crippen molar-refractivity contribution in [3.63, 3.8) is 0 Å². The first kappa shape index (κ1) is 14.6. The molecule has 0 saturated heterocycles. The van der Waals surface area contributed by atoms with Crippen molar-refractivity contribution < 1.29 is 4.74 Å². The minimum absolute atomic E-state index is 0.180. The van der Waals surface area contributed by atoms with Crippen molar-refractivity contribution in [1.82, 2.24) is 5.43 Å². The van der Waals surface area contributed by atoms with Crippen molar-refractivity contribution in [2.45, 2.75) is 51.7 Å². The summed E-state index contributed by atoms with van der Waals surface area (Å²) in [5, 5.41) is 2.11. The first-order valence-corrected chi connectivity index (χ1v) is 7.16. The lowest BCUT2D eigenvalue weighted by molar-refractivity contribution is -0.0569. The summed E-state index contributed by atoms with van der Waals surface area (Å²) < 4.78 is 5.86. The fraction of sp³-hybridized carbons (Fsp3) is 0.692. The third-order valence-corrected chi connectivity index (χ3v) is 4.31. The molecule has 1 rings (SSSR count). The zero-order valence-corrected chi connectivity index (χ0v) is 11.8. The molecule has 1 aromatic heterocycles. The highest BCUT2D eigenvalue weighted by Crippen LogP contribution is 2.24. The zero-order chi connectivity index (χ0) is 12.7. The summed E-state index contributed by atoms with van der Waals surface area (Å²) in [6.45, 7) is 7.03. The molecule has 2 atom stereocenters. The van der Waals surface area contributed by atoms with Gasteiger partial charge in [0.2, 0.25) is 0 Å². The van der Waals surface area contributed by atoms with Gasteiger partial charge in [0.25, 0.3) is 0 Å². The predicted octanol–water partition coefficient (Wildman–Crippen LogP) is 2.72. The van der Waals surface area contributed by atoms with E-state index < -0.39 is 0 Å². The number of ether oxygens (including phenoxy) is 1. The number of aryl methyl sites for hydroxylation is 1. The first-order valence-electron chi connectivity index (χ1n) is 6.28. The van der Waals surface area contributed by atoms with E-state index in [-0.39, 0.29) is 11.6 Å². The molecule has 98 valence electrons. The average molecular weight is 256 g/mol. The number of nitrogens with two attached hydrogens (primary N) is 1. The van der Waals surface area contributed by atoms with Crippen LogP contribution < -0.4 is 11.3 Å². The van der Waals surface area contributed by atoms with Crippen LogP contribution in [0.1, 0.15) is 38.5 Å². The molecule has 0 spiro atoms. The minimum Gasteiger partial charge on any atom is -0.374 e. The van der Waals surface area contributed by atoms with E-state index in [4.69, 9.17) is 10.6 Å². The Kier molecular flexibility index (Phi) is 6.12. The van der Waals surface area contributed by atoms with Crippen molar-refractivity contribution in [1.29, 1.82) is 0 Å². The number of hydrazine groups is 1. The van der Waals surface area contributed by atoms with Gasteiger partial charge in [-0.25, -0.2) is 0 Å². The van der Waals surface area contributed by atoms with E-state index in [1.807, 2.05) is 6.92 Å². The van der Waals surface area contributed by atoms with Crippen LogP contribution in [-0.2, 0) is 11.2 Å². The largest absolute Gasteiger partial charge is 0.374 e. The molecule has 3 nitrogen and oxygen atoms in total. The van der Waals surface area contributed by atoms with Gasteiger partial charge >= 0.3 is 0 Å². The summed E-state index contributed by atoms with van der Waals surface area (Å²) in [6.07, 6.45) is 3.01. The molecule has 0 radical (unpaired) electrons. The standard InChI is InChI=1S/C13H24N2OS/c1-4-13(3,16-5-2)12(15-14)9-8-11-7-6-10-17-11/h6-7,10,12,15H,4-5,8-9,14H2,1-3H3. The van der Waals surface area contributed by atoms with Crippen LogP contribution >= 0.6 is 11.3 Å². The summed E-state index contributed by atoms with van der Waals surface area (Å²) in [6, 6.07) is 4.45. The van der Waals surface area contributed by atoms with Crippen molar-refractivity contribution >= 4 is 11.3 Å². The van der Waals surface area contributed by atoms with Gasteiger partial charge in [0.1, 0.15) is 0 Å². The molecule has 0 saturated carbocycles. The van der Waals surface area contributed by atoms with Crippen LogP contribution in [-0.4, -0.2) is 18.2 Å². The van der Waals surface area contributed by atoms with Gasteiger partial charge in [0.05, 0.1) is 11.6 Å². The maximum Gasteiger partial charge on any atom is 0.0817 e. The normalized spacial score (nSPS) is 16.7. The Morgan fingerprint density at radius 3 is 2.76 bits per heavy atom.